The van der Waals surface area contributed by atoms with Gasteiger partial charge < -0.3 is 10.1 Å². The fraction of sp³-hybridized carbons (Fsp3) is 0.167. The lowest BCUT2D eigenvalue weighted by Crippen LogP contribution is -1.81. The van der Waals surface area contributed by atoms with Crippen LogP contribution in [0.15, 0.2) is 24.3 Å². The number of rotatable bonds is 2. The van der Waals surface area contributed by atoms with Gasteiger partial charge in [0.15, 0.2) is 0 Å². The molecule has 4 heteroatoms. The van der Waals surface area contributed by atoms with Gasteiger partial charge in [0.2, 0.25) is 0 Å². The molecule has 16 heavy (non-hydrogen) atoms. The number of H-pyrrole nitrogens is 1. The average molecular weight is 256 g/mol. The molecular weight excluding hydrogens is 245 g/mol. The number of aliphatic hydroxyl groups excluding tert-OH is 1. The van der Waals surface area contributed by atoms with Crippen molar-refractivity contribution in [2.75, 3.05) is 0 Å². The zero-order chi connectivity index (χ0) is 11.7. The largest absolute Gasteiger partial charge is 0.392 e. The Kier molecular flexibility index (Phi) is 3.24. The molecule has 0 saturated heterocycles. The van der Waals surface area contributed by atoms with Gasteiger partial charge in [0.1, 0.15) is 0 Å². The second-order valence-corrected chi connectivity index (χ2v) is 4.43. The number of aromatic amines is 1. The summed E-state index contributed by atoms with van der Waals surface area (Å²) in [6, 6.07) is 7.36. The molecule has 0 amide bonds. The molecule has 2 N–H and O–H groups in total. The Morgan fingerprint density at radius 2 is 1.94 bits per heavy atom. The zero-order valence-corrected chi connectivity index (χ0v) is 10.2. The van der Waals surface area contributed by atoms with Crippen LogP contribution in [0, 0.1) is 6.92 Å². The molecule has 0 atom stereocenters. The molecule has 0 bridgehead atoms. The standard InChI is InChI=1S/C12H11Cl2NO/c1-7-9(6-16)5-12(15-7)8-2-3-10(13)11(14)4-8/h2-5,15-16H,6H2,1H3. The first-order valence-electron chi connectivity index (χ1n) is 4.86. The van der Waals surface area contributed by atoms with Gasteiger partial charge in [-0.2, -0.15) is 0 Å². The van der Waals surface area contributed by atoms with E-state index in [-0.39, 0.29) is 6.61 Å². The Morgan fingerprint density at radius 3 is 2.50 bits per heavy atom. The van der Waals surface area contributed by atoms with Crippen molar-refractivity contribution in [1.29, 1.82) is 0 Å². The van der Waals surface area contributed by atoms with Crippen molar-refractivity contribution in [2.45, 2.75) is 13.5 Å². The molecule has 0 aliphatic heterocycles. The third-order valence-electron chi connectivity index (χ3n) is 2.52. The first-order chi connectivity index (χ1) is 7.61. The highest BCUT2D eigenvalue weighted by Gasteiger charge is 2.07. The summed E-state index contributed by atoms with van der Waals surface area (Å²) in [5, 5.41) is 10.2. The highest BCUT2D eigenvalue weighted by atomic mass is 35.5. The van der Waals surface area contributed by atoms with Crippen molar-refractivity contribution in [1.82, 2.24) is 4.98 Å². The number of aliphatic hydroxyl groups is 1. The Morgan fingerprint density at radius 1 is 1.19 bits per heavy atom. The summed E-state index contributed by atoms with van der Waals surface area (Å²) >= 11 is 11.8. The summed E-state index contributed by atoms with van der Waals surface area (Å²) in [5.41, 5.74) is 3.74. The van der Waals surface area contributed by atoms with E-state index >= 15 is 0 Å². The summed E-state index contributed by atoms with van der Waals surface area (Å²) in [5.74, 6) is 0. The number of hydrogen-bond donors (Lipinski definition) is 2. The first-order valence-corrected chi connectivity index (χ1v) is 5.62. The number of halogens is 2. The maximum Gasteiger partial charge on any atom is 0.0699 e. The molecule has 84 valence electrons. The topological polar surface area (TPSA) is 36.0 Å². The monoisotopic (exact) mass is 255 g/mol. The van der Waals surface area contributed by atoms with Gasteiger partial charge in [-0.05, 0) is 36.2 Å². The number of hydrogen-bond acceptors (Lipinski definition) is 1. The van der Waals surface area contributed by atoms with Crippen LogP contribution < -0.4 is 0 Å². The normalized spacial score (nSPS) is 10.8. The zero-order valence-electron chi connectivity index (χ0n) is 8.72. The number of nitrogens with one attached hydrogen (secondary N) is 1. The highest BCUT2D eigenvalue weighted by molar-refractivity contribution is 6.42. The molecule has 1 aromatic heterocycles. The Bertz CT molecular complexity index is 520. The van der Waals surface area contributed by atoms with Crippen molar-refractivity contribution in [3.05, 3.63) is 45.6 Å². The average Bonchev–Trinajstić information content (AvgIpc) is 2.64. The third-order valence-corrected chi connectivity index (χ3v) is 3.26. The minimum absolute atomic E-state index is 0.0314. The summed E-state index contributed by atoms with van der Waals surface area (Å²) in [6.45, 7) is 1.95. The van der Waals surface area contributed by atoms with E-state index in [9.17, 15) is 0 Å². The van der Waals surface area contributed by atoms with Gasteiger partial charge in [-0.15, -0.1) is 0 Å². The van der Waals surface area contributed by atoms with Crippen LogP contribution >= 0.6 is 23.2 Å². The molecule has 0 unspecified atom stereocenters. The molecule has 2 rings (SSSR count). The molecule has 0 fully saturated rings. The molecule has 2 aromatic rings. The van der Waals surface area contributed by atoms with E-state index in [0.29, 0.717) is 10.0 Å². The number of aromatic nitrogens is 1. The van der Waals surface area contributed by atoms with Crippen molar-refractivity contribution in [3.8, 4) is 11.3 Å². The fourth-order valence-corrected chi connectivity index (χ4v) is 1.88. The van der Waals surface area contributed by atoms with E-state index in [1.165, 1.54) is 0 Å². The van der Waals surface area contributed by atoms with Crippen molar-refractivity contribution >= 4 is 23.2 Å². The lowest BCUT2D eigenvalue weighted by atomic mass is 10.1. The lowest BCUT2D eigenvalue weighted by Gasteiger charge is -2.00. The molecular formula is C12H11Cl2NO. The molecule has 1 aromatic carbocycles. The van der Waals surface area contributed by atoms with Gasteiger partial charge in [-0.1, -0.05) is 29.3 Å². The Balaban J connectivity index is 2.46. The molecule has 0 saturated carbocycles. The van der Waals surface area contributed by atoms with E-state index in [0.717, 1.165) is 22.5 Å². The molecule has 0 aliphatic carbocycles. The van der Waals surface area contributed by atoms with Crippen LogP contribution in [-0.4, -0.2) is 10.1 Å². The first kappa shape index (κ1) is 11.5. The van der Waals surface area contributed by atoms with Crippen LogP contribution in [0.4, 0.5) is 0 Å². The van der Waals surface area contributed by atoms with Gasteiger partial charge >= 0.3 is 0 Å². The summed E-state index contributed by atoms with van der Waals surface area (Å²) in [7, 11) is 0. The highest BCUT2D eigenvalue weighted by Crippen LogP contribution is 2.29. The van der Waals surface area contributed by atoms with Crippen LogP contribution in [0.25, 0.3) is 11.3 Å². The smallest absolute Gasteiger partial charge is 0.0699 e. The SMILES string of the molecule is Cc1[nH]c(-c2ccc(Cl)c(Cl)c2)cc1CO. The molecule has 2 nitrogen and oxygen atoms in total. The summed E-state index contributed by atoms with van der Waals surface area (Å²) in [4.78, 5) is 3.20. The molecule has 0 spiro atoms. The van der Waals surface area contributed by atoms with E-state index in [2.05, 4.69) is 4.98 Å². The van der Waals surface area contributed by atoms with Crippen molar-refractivity contribution < 1.29 is 5.11 Å². The maximum absolute atomic E-state index is 9.11. The van der Waals surface area contributed by atoms with Crippen LogP contribution in [0.5, 0.6) is 0 Å². The van der Waals surface area contributed by atoms with Gasteiger partial charge in [-0.3, -0.25) is 0 Å². The maximum atomic E-state index is 9.11. The second kappa shape index (κ2) is 4.50. The van der Waals surface area contributed by atoms with Gasteiger partial charge in [0, 0.05) is 11.4 Å². The number of benzene rings is 1. The van der Waals surface area contributed by atoms with Crippen molar-refractivity contribution in [2.24, 2.45) is 0 Å². The minimum atomic E-state index is 0.0314. The lowest BCUT2D eigenvalue weighted by molar-refractivity contribution is 0.281. The second-order valence-electron chi connectivity index (χ2n) is 3.62. The van der Waals surface area contributed by atoms with Crippen LogP contribution in [0.2, 0.25) is 10.0 Å². The van der Waals surface area contributed by atoms with E-state index in [1.807, 2.05) is 19.1 Å². The van der Waals surface area contributed by atoms with Gasteiger partial charge in [0.25, 0.3) is 0 Å². The van der Waals surface area contributed by atoms with E-state index < -0.39 is 0 Å². The molecule has 0 aliphatic rings. The summed E-state index contributed by atoms with van der Waals surface area (Å²) < 4.78 is 0. The Labute approximate surface area is 104 Å². The quantitative estimate of drug-likeness (QED) is 0.842. The van der Waals surface area contributed by atoms with Crippen LogP contribution in [0.1, 0.15) is 11.3 Å². The van der Waals surface area contributed by atoms with Crippen molar-refractivity contribution in [3.63, 3.8) is 0 Å². The van der Waals surface area contributed by atoms with Gasteiger partial charge in [0.05, 0.1) is 16.7 Å². The molecule has 0 radical (unpaired) electrons. The van der Waals surface area contributed by atoms with E-state index in [1.54, 1.807) is 12.1 Å². The predicted molar refractivity (Wildman–Crippen MR) is 66.9 cm³/mol. The third kappa shape index (κ3) is 2.09. The van der Waals surface area contributed by atoms with Gasteiger partial charge in [-0.25, -0.2) is 0 Å². The van der Waals surface area contributed by atoms with Crippen LogP contribution in [0.3, 0.4) is 0 Å². The summed E-state index contributed by atoms with van der Waals surface area (Å²) in [6.07, 6.45) is 0. The fourth-order valence-electron chi connectivity index (χ4n) is 1.58. The number of aryl methyl sites for hydroxylation is 1. The van der Waals surface area contributed by atoms with E-state index in [4.69, 9.17) is 28.3 Å². The molecule has 1 heterocycles. The predicted octanol–water partition coefficient (Wildman–Crippen LogP) is 3.79. The minimum Gasteiger partial charge on any atom is -0.392 e. The van der Waals surface area contributed by atoms with Crippen LogP contribution in [-0.2, 0) is 6.61 Å². The Hall–Kier alpha value is -0.960.